The zero-order chi connectivity index (χ0) is 15.7. The first-order chi connectivity index (χ1) is 10.6. The molecular formula is C17H15FN2O2. The highest BCUT2D eigenvalue weighted by Crippen LogP contribution is 2.29. The summed E-state index contributed by atoms with van der Waals surface area (Å²) in [6.07, 6.45) is 6.87. The van der Waals surface area contributed by atoms with Gasteiger partial charge < -0.3 is 10.5 Å². The van der Waals surface area contributed by atoms with Crippen molar-refractivity contribution >= 4 is 17.1 Å². The van der Waals surface area contributed by atoms with Crippen molar-refractivity contribution in [2.24, 2.45) is 16.6 Å². The Hall–Kier alpha value is -2.53. The molecule has 1 atom stereocenters. The molecule has 1 aromatic rings. The Balaban J connectivity index is 1.95. The van der Waals surface area contributed by atoms with Crippen molar-refractivity contribution in [3.8, 4) is 5.75 Å². The number of rotatable bonds is 3. The van der Waals surface area contributed by atoms with Crippen molar-refractivity contribution in [3.63, 3.8) is 0 Å². The molecule has 22 heavy (non-hydrogen) atoms. The fraction of sp³-hybridized carbons (Fsp3) is 0.176. The molecule has 1 unspecified atom stereocenters. The van der Waals surface area contributed by atoms with Gasteiger partial charge in [-0.15, -0.1) is 0 Å². The highest BCUT2D eigenvalue weighted by atomic mass is 19.1. The summed E-state index contributed by atoms with van der Waals surface area (Å²) >= 11 is 0. The normalized spacial score (nSPS) is 20.0. The SMILES string of the molecule is COc1ccc(C2=CC3C(=O)C=C(CN)N=C3C=C2)cc1F. The number of hydrogen-bond donors (Lipinski definition) is 1. The van der Waals surface area contributed by atoms with Crippen LogP contribution in [0.3, 0.4) is 0 Å². The van der Waals surface area contributed by atoms with Gasteiger partial charge in [0, 0.05) is 12.6 Å². The molecule has 0 fully saturated rings. The van der Waals surface area contributed by atoms with Gasteiger partial charge in [0.2, 0.25) is 0 Å². The average molecular weight is 298 g/mol. The Kier molecular flexibility index (Phi) is 3.73. The number of aliphatic imine (C=N–C) groups is 1. The summed E-state index contributed by atoms with van der Waals surface area (Å²) in [4.78, 5) is 16.5. The van der Waals surface area contributed by atoms with E-state index in [1.165, 1.54) is 19.3 Å². The largest absolute Gasteiger partial charge is 0.494 e. The average Bonchev–Trinajstić information content (AvgIpc) is 2.54. The number of carbonyl (C=O) groups is 1. The van der Waals surface area contributed by atoms with Gasteiger partial charge in [-0.3, -0.25) is 9.79 Å². The first kappa shape index (κ1) is 14.4. The summed E-state index contributed by atoms with van der Waals surface area (Å²) in [6.45, 7) is 0.232. The summed E-state index contributed by atoms with van der Waals surface area (Å²) in [6, 6.07) is 4.72. The molecule has 1 aliphatic carbocycles. The van der Waals surface area contributed by atoms with E-state index in [4.69, 9.17) is 10.5 Å². The van der Waals surface area contributed by atoms with Crippen LogP contribution in [-0.2, 0) is 4.79 Å². The van der Waals surface area contributed by atoms with Gasteiger partial charge in [-0.1, -0.05) is 18.2 Å². The van der Waals surface area contributed by atoms with E-state index in [1.54, 1.807) is 24.3 Å². The molecule has 2 N–H and O–H groups in total. The van der Waals surface area contributed by atoms with Gasteiger partial charge in [0.05, 0.1) is 24.4 Å². The van der Waals surface area contributed by atoms with Gasteiger partial charge in [-0.2, -0.15) is 0 Å². The highest BCUT2D eigenvalue weighted by molar-refractivity contribution is 6.20. The van der Waals surface area contributed by atoms with Crippen LogP contribution in [0.5, 0.6) is 5.75 Å². The zero-order valence-corrected chi connectivity index (χ0v) is 12.0. The number of hydrogen-bond acceptors (Lipinski definition) is 4. The molecule has 0 radical (unpaired) electrons. The number of ether oxygens (including phenoxy) is 1. The van der Waals surface area contributed by atoms with Crippen LogP contribution in [0.2, 0.25) is 0 Å². The first-order valence-electron chi connectivity index (χ1n) is 6.89. The van der Waals surface area contributed by atoms with Gasteiger partial charge in [0.1, 0.15) is 0 Å². The number of halogens is 1. The van der Waals surface area contributed by atoms with Crippen LogP contribution in [-0.4, -0.2) is 25.1 Å². The van der Waals surface area contributed by atoms with Crippen LogP contribution in [0.25, 0.3) is 5.57 Å². The van der Waals surface area contributed by atoms with Crippen molar-refractivity contribution in [1.29, 1.82) is 0 Å². The predicted octanol–water partition coefficient (Wildman–Crippen LogP) is 2.27. The molecule has 4 nitrogen and oxygen atoms in total. The van der Waals surface area contributed by atoms with Crippen molar-refractivity contribution in [2.75, 3.05) is 13.7 Å². The lowest BCUT2D eigenvalue weighted by atomic mass is 9.86. The number of nitrogens with zero attached hydrogens (tertiary/aromatic N) is 1. The highest BCUT2D eigenvalue weighted by Gasteiger charge is 2.26. The second kappa shape index (κ2) is 5.69. The van der Waals surface area contributed by atoms with Crippen molar-refractivity contribution in [2.45, 2.75) is 0 Å². The summed E-state index contributed by atoms with van der Waals surface area (Å²) in [5, 5.41) is 0. The monoisotopic (exact) mass is 298 g/mol. The van der Waals surface area contributed by atoms with Crippen LogP contribution in [0.1, 0.15) is 5.56 Å². The number of methoxy groups -OCH3 is 1. The van der Waals surface area contributed by atoms with Crippen LogP contribution in [0, 0.1) is 11.7 Å². The van der Waals surface area contributed by atoms with E-state index in [2.05, 4.69) is 4.99 Å². The Morgan fingerprint density at radius 1 is 1.36 bits per heavy atom. The molecular weight excluding hydrogens is 283 g/mol. The zero-order valence-electron chi connectivity index (χ0n) is 12.0. The van der Waals surface area contributed by atoms with Gasteiger partial charge in [-0.05, 0) is 29.3 Å². The number of fused-ring (bicyclic) bond motifs is 1. The van der Waals surface area contributed by atoms with Crippen LogP contribution in [0.15, 0.2) is 53.2 Å². The molecule has 1 aliphatic heterocycles. The number of ketones is 1. The lowest BCUT2D eigenvalue weighted by Gasteiger charge is -2.21. The second-order valence-corrected chi connectivity index (χ2v) is 5.06. The molecule has 3 rings (SSSR count). The fourth-order valence-corrected chi connectivity index (χ4v) is 2.53. The lowest BCUT2D eigenvalue weighted by molar-refractivity contribution is -0.115. The molecule has 112 valence electrons. The third kappa shape index (κ3) is 2.51. The molecule has 0 aromatic heterocycles. The minimum Gasteiger partial charge on any atom is -0.494 e. The summed E-state index contributed by atoms with van der Waals surface area (Å²) in [5.41, 5.74) is 8.25. The van der Waals surface area contributed by atoms with Crippen molar-refractivity contribution in [3.05, 3.63) is 59.6 Å². The summed E-state index contributed by atoms with van der Waals surface area (Å²) < 4.78 is 18.7. The van der Waals surface area contributed by atoms with E-state index in [9.17, 15) is 9.18 Å². The van der Waals surface area contributed by atoms with Crippen molar-refractivity contribution in [1.82, 2.24) is 0 Å². The van der Waals surface area contributed by atoms with Crippen LogP contribution < -0.4 is 10.5 Å². The predicted molar refractivity (Wildman–Crippen MR) is 83.1 cm³/mol. The van der Waals surface area contributed by atoms with Gasteiger partial charge in [0.15, 0.2) is 17.3 Å². The number of carbonyl (C=O) groups excluding carboxylic acids is 1. The molecule has 0 saturated heterocycles. The van der Waals surface area contributed by atoms with Gasteiger partial charge >= 0.3 is 0 Å². The molecule has 1 aromatic carbocycles. The maximum Gasteiger partial charge on any atom is 0.170 e. The Morgan fingerprint density at radius 3 is 2.86 bits per heavy atom. The lowest BCUT2D eigenvalue weighted by Crippen LogP contribution is -2.26. The molecule has 0 amide bonds. The maximum atomic E-state index is 13.8. The molecule has 0 saturated carbocycles. The van der Waals surface area contributed by atoms with E-state index < -0.39 is 11.7 Å². The van der Waals surface area contributed by atoms with Gasteiger partial charge in [0.25, 0.3) is 0 Å². The Morgan fingerprint density at radius 2 is 2.18 bits per heavy atom. The number of allylic oxidation sites excluding steroid dienone is 5. The smallest absolute Gasteiger partial charge is 0.170 e. The standard InChI is InChI=1S/C17H15FN2O2/c1-22-17-5-3-11(7-14(17)18)10-2-4-15-13(6-10)16(21)8-12(9-19)20-15/h2-8,13H,9,19H2,1H3. The van der Waals surface area contributed by atoms with Crippen molar-refractivity contribution < 1.29 is 13.9 Å². The number of nitrogens with two attached hydrogens (primary N) is 1. The fourth-order valence-electron chi connectivity index (χ4n) is 2.53. The number of benzene rings is 1. The third-order valence-electron chi connectivity index (χ3n) is 3.68. The Bertz CT molecular complexity index is 760. The molecule has 2 aliphatic rings. The molecule has 0 spiro atoms. The topological polar surface area (TPSA) is 64.7 Å². The Labute approximate surface area is 127 Å². The van der Waals surface area contributed by atoms with E-state index in [0.29, 0.717) is 17.0 Å². The van der Waals surface area contributed by atoms with Crippen LogP contribution >= 0.6 is 0 Å². The maximum absolute atomic E-state index is 13.8. The van der Waals surface area contributed by atoms with Gasteiger partial charge in [-0.25, -0.2) is 4.39 Å². The molecule has 0 bridgehead atoms. The van der Waals surface area contributed by atoms with E-state index in [0.717, 1.165) is 5.57 Å². The molecule has 1 heterocycles. The minimum absolute atomic E-state index is 0.0544. The van der Waals surface area contributed by atoms with Crippen LogP contribution in [0.4, 0.5) is 4.39 Å². The summed E-state index contributed by atoms with van der Waals surface area (Å²) in [7, 11) is 1.42. The minimum atomic E-state index is -0.436. The first-order valence-corrected chi connectivity index (χ1v) is 6.89. The molecule has 5 heteroatoms. The second-order valence-electron chi connectivity index (χ2n) is 5.06. The summed E-state index contributed by atoms with van der Waals surface area (Å²) in [5.74, 6) is -0.730. The third-order valence-corrected chi connectivity index (χ3v) is 3.68. The quantitative estimate of drug-likeness (QED) is 0.931. The van der Waals surface area contributed by atoms with E-state index >= 15 is 0 Å². The van der Waals surface area contributed by atoms with E-state index in [-0.39, 0.29) is 18.1 Å². The van der Waals surface area contributed by atoms with E-state index in [1.807, 2.05) is 6.08 Å².